The summed E-state index contributed by atoms with van der Waals surface area (Å²) in [6.45, 7) is 2.20. The van der Waals surface area contributed by atoms with Crippen molar-refractivity contribution in [3.8, 4) is 0 Å². The molecule has 0 heterocycles. The van der Waals surface area contributed by atoms with Crippen molar-refractivity contribution in [1.82, 2.24) is 0 Å². The van der Waals surface area contributed by atoms with E-state index in [4.69, 9.17) is 5.53 Å². The topological polar surface area (TPSA) is 86.1 Å². The molecule has 0 aliphatic rings. The molecule has 0 saturated heterocycles. The Morgan fingerprint density at radius 3 is 2.52 bits per heavy atom. The van der Waals surface area contributed by atoms with Crippen LogP contribution < -0.4 is 0 Å². The fourth-order valence-corrected chi connectivity index (χ4v) is 2.46. The van der Waals surface area contributed by atoms with Crippen LogP contribution in [0.1, 0.15) is 90.4 Å². The molecular formula is C18H33N3O2. The van der Waals surface area contributed by atoms with Crippen LogP contribution in [0.2, 0.25) is 0 Å². The van der Waals surface area contributed by atoms with Gasteiger partial charge in [-0.3, -0.25) is 4.79 Å². The second kappa shape index (κ2) is 17.0. The number of allylic oxidation sites excluding steroid dienone is 1. The molecule has 0 spiro atoms. The van der Waals surface area contributed by atoms with Gasteiger partial charge in [0, 0.05) is 11.3 Å². The van der Waals surface area contributed by atoms with Crippen molar-refractivity contribution >= 4 is 5.91 Å². The normalized spacial score (nSPS) is 12.3. The van der Waals surface area contributed by atoms with E-state index in [9.17, 15) is 9.90 Å². The fourth-order valence-electron chi connectivity index (χ4n) is 2.46. The predicted octanol–water partition coefficient (Wildman–Crippen LogP) is 5.83. The van der Waals surface area contributed by atoms with Crippen LogP contribution >= 0.6 is 0 Å². The lowest BCUT2D eigenvalue weighted by Crippen LogP contribution is -2.04. The molecule has 0 aromatic carbocycles. The van der Waals surface area contributed by atoms with Crippen LogP contribution in [0.4, 0.5) is 0 Å². The Morgan fingerprint density at radius 2 is 1.78 bits per heavy atom. The number of hydrogen-bond acceptors (Lipinski definition) is 2. The average Bonchev–Trinajstić information content (AvgIpc) is 2.53. The molecule has 1 N–H and O–H groups in total. The number of unbranched alkanes of at least 4 members (excludes halogenated alkanes) is 8. The van der Waals surface area contributed by atoms with E-state index >= 15 is 0 Å². The maximum Gasteiger partial charge on any atom is 0.218 e. The molecule has 0 bridgehead atoms. The van der Waals surface area contributed by atoms with Crippen LogP contribution in [0.5, 0.6) is 0 Å². The van der Waals surface area contributed by atoms with Crippen LogP contribution in [0.3, 0.4) is 0 Å². The summed E-state index contributed by atoms with van der Waals surface area (Å²) in [5, 5.41) is 12.9. The van der Waals surface area contributed by atoms with Crippen molar-refractivity contribution < 1.29 is 9.90 Å². The fraction of sp³-hybridized carbons (Fsp3) is 0.833. The average molecular weight is 323 g/mol. The Morgan fingerprint density at radius 1 is 1.09 bits per heavy atom. The first kappa shape index (κ1) is 21.7. The quantitative estimate of drug-likeness (QED) is 0.135. The van der Waals surface area contributed by atoms with Crippen molar-refractivity contribution in [2.45, 2.75) is 96.5 Å². The number of carbonyl (C=O) groups excluding carboxylic acids is 1. The van der Waals surface area contributed by atoms with Crippen LogP contribution in [0, 0.1) is 0 Å². The highest BCUT2D eigenvalue weighted by atomic mass is 16.3. The van der Waals surface area contributed by atoms with Gasteiger partial charge in [0.25, 0.3) is 0 Å². The highest BCUT2D eigenvalue weighted by Crippen LogP contribution is 2.10. The zero-order chi connectivity index (χ0) is 17.2. The molecule has 132 valence electrons. The Kier molecular flexibility index (Phi) is 16.1. The highest BCUT2D eigenvalue weighted by Gasteiger charge is 2.00. The lowest BCUT2D eigenvalue weighted by molar-refractivity contribution is -0.118. The highest BCUT2D eigenvalue weighted by molar-refractivity contribution is 5.76. The summed E-state index contributed by atoms with van der Waals surface area (Å²) < 4.78 is 0. The molecule has 1 amide bonds. The summed E-state index contributed by atoms with van der Waals surface area (Å²) in [5.41, 5.74) is 8.09. The van der Waals surface area contributed by atoms with E-state index in [2.05, 4.69) is 29.1 Å². The molecule has 0 fully saturated rings. The van der Waals surface area contributed by atoms with Crippen LogP contribution in [0.25, 0.3) is 10.4 Å². The first-order valence-electron chi connectivity index (χ1n) is 9.11. The van der Waals surface area contributed by atoms with E-state index in [0.29, 0.717) is 6.42 Å². The lowest BCUT2D eigenvalue weighted by Gasteiger charge is -2.07. The SMILES string of the molecule is CCCCCCC(O)C/C=C\CCCCCCCC(=O)N=[N+]=[N-]. The second-order valence-electron chi connectivity index (χ2n) is 6.10. The second-order valence-corrected chi connectivity index (χ2v) is 6.10. The molecule has 5 nitrogen and oxygen atoms in total. The molecule has 5 heteroatoms. The van der Waals surface area contributed by atoms with Crippen molar-refractivity contribution in [3.05, 3.63) is 22.6 Å². The van der Waals surface area contributed by atoms with Crippen LogP contribution in [-0.4, -0.2) is 17.1 Å². The van der Waals surface area contributed by atoms with Crippen molar-refractivity contribution in [1.29, 1.82) is 0 Å². The summed E-state index contributed by atoms with van der Waals surface area (Å²) in [4.78, 5) is 13.4. The third kappa shape index (κ3) is 16.9. The van der Waals surface area contributed by atoms with Gasteiger partial charge in [0.05, 0.1) is 6.10 Å². The van der Waals surface area contributed by atoms with Gasteiger partial charge in [-0.25, -0.2) is 0 Å². The summed E-state index contributed by atoms with van der Waals surface area (Å²) in [6.07, 6.45) is 17.3. The van der Waals surface area contributed by atoms with E-state index in [0.717, 1.165) is 57.8 Å². The van der Waals surface area contributed by atoms with E-state index in [1.165, 1.54) is 19.3 Å². The zero-order valence-electron chi connectivity index (χ0n) is 14.6. The molecule has 0 aliphatic heterocycles. The van der Waals surface area contributed by atoms with Crippen molar-refractivity contribution in [3.63, 3.8) is 0 Å². The monoisotopic (exact) mass is 323 g/mol. The zero-order valence-corrected chi connectivity index (χ0v) is 14.6. The van der Waals surface area contributed by atoms with Gasteiger partial charge in [0.15, 0.2) is 0 Å². The first-order chi connectivity index (χ1) is 11.2. The molecular weight excluding hydrogens is 290 g/mol. The van der Waals surface area contributed by atoms with Crippen LogP contribution in [-0.2, 0) is 4.79 Å². The molecule has 0 saturated carbocycles. The van der Waals surface area contributed by atoms with Gasteiger partial charge >= 0.3 is 0 Å². The molecule has 0 aromatic heterocycles. The van der Waals surface area contributed by atoms with Gasteiger partial charge in [-0.1, -0.05) is 64.0 Å². The number of hydrogen-bond donors (Lipinski definition) is 1. The number of aliphatic hydroxyl groups excluding tert-OH is 1. The Balaban J connectivity index is 3.33. The van der Waals surface area contributed by atoms with Crippen molar-refractivity contribution in [2.75, 3.05) is 0 Å². The minimum absolute atomic E-state index is 0.184. The number of nitrogens with zero attached hydrogens (tertiary/aromatic N) is 3. The van der Waals surface area contributed by atoms with Crippen molar-refractivity contribution in [2.24, 2.45) is 5.11 Å². The number of azide groups is 1. The van der Waals surface area contributed by atoms with E-state index in [1.807, 2.05) is 0 Å². The summed E-state index contributed by atoms with van der Waals surface area (Å²) in [6, 6.07) is 0. The van der Waals surface area contributed by atoms with E-state index in [1.54, 1.807) is 0 Å². The summed E-state index contributed by atoms with van der Waals surface area (Å²) >= 11 is 0. The first-order valence-corrected chi connectivity index (χ1v) is 9.11. The third-order valence-corrected chi connectivity index (χ3v) is 3.88. The number of aliphatic hydroxyl groups is 1. The van der Waals surface area contributed by atoms with Gasteiger partial charge < -0.3 is 5.11 Å². The Bertz CT molecular complexity index is 363. The number of carbonyl (C=O) groups is 1. The largest absolute Gasteiger partial charge is 0.393 e. The molecule has 0 radical (unpaired) electrons. The van der Waals surface area contributed by atoms with E-state index < -0.39 is 0 Å². The van der Waals surface area contributed by atoms with Gasteiger partial charge in [0.1, 0.15) is 0 Å². The Hall–Kier alpha value is -1.32. The minimum Gasteiger partial charge on any atom is -0.393 e. The predicted molar refractivity (Wildman–Crippen MR) is 95.0 cm³/mol. The molecule has 1 atom stereocenters. The lowest BCUT2D eigenvalue weighted by atomic mass is 10.1. The standard InChI is InChI=1S/C18H33N3O2/c1-2-3-4-11-14-17(22)15-12-9-7-5-6-8-10-13-16-18(23)20-21-19/h9,12,17,22H,2-8,10-11,13-16H2,1H3/b12-9-. The number of rotatable bonds is 15. The van der Waals surface area contributed by atoms with Gasteiger partial charge in [-0.15, -0.1) is 0 Å². The smallest absolute Gasteiger partial charge is 0.218 e. The van der Waals surface area contributed by atoms with Gasteiger partial charge in [0.2, 0.25) is 5.91 Å². The molecule has 0 aromatic rings. The van der Waals surface area contributed by atoms with Gasteiger partial charge in [-0.2, -0.15) is 0 Å². The summed E-state index contributed by atoms with van der Waals surface area (Å²) in [7, 11) is 0. The van der Waals surface area contributed by atoms with Crippen LogP contribution in [0.15, 0.2) is 17.3 Å². The maximum absolute atomic E-state index is 11.0. The molecule has 0 aliphatic carbocycles. The van der Waals surface area contributed by atoms with Gasteiger partial charge in [-0.05, 0) is 42.7 Å². The summed E-state index contributed by atoms with van der Waals surface area (Å²) in [5.74, 6) is -0.358. The molecule has 0 rings (SSSR count). The molecule has 1 unspecified atom stereocenters. The molecule has 23 heavy (non-hydrogen) atoms. The van der Waals surface area contributed by atoms with E-state index in [-0.39, 0.29) is 12.0 Å². The third-order valence-electron chi connectivity index (χ3n) is 3.88. The Labute approximate surface area is 140 Å². The number of amides is 1. The maximum atomic E-state index is 11.0. The minimum atomic E-state index is -0.358.